The molecule has 0 saturated heterocycles. The van der Waals surface area contributed by atoms with E-state index in [1.807, 2.05) is 18.2 Å². The highest BCUT2D eigenvalue weighted by Crippen LogP contribution is 2.35. The molecule has 4 aromatic heterocycles. The highest BCUT2D eigenvalue weighted by Gasteiger charge is 2.13. The first kappa shape index (κ1) is 20.7. The zero-order valence-corrected chi connectivity index (χ0v) is 17.9. The second kappa shape index (κ2) is 8.67. The van der Waals surface area contributed by atoms with Crippen LogP contribution in [0.2, 0.25) is 15.1 Å². The molecule has 150 valence electrons. The molecule has 0 fully saturated rings. The molecule has 0 aliphatic rings. The largest absolute Gasteiger partial charge is 0.345 e. The van der Waals surface area contributed by atoms with Crippen molar-refractivity contribution < 1.29 is 0 Å². The Morgan fingerprint density at radius 1 is 0.710 bits per heavy atom. The molecule has 0 spiro atoms. The average Bonchev–Trinajstić information content (AvgIpc) is 3.39. The van der Waals surface area contributed by atoms with Crippen molar-refractivity contribution >= 4 is 56.9 Å². The van der Waals surface area contributed by atoms with E-state index < -0.39 is 0 Å². The maximum Gasteiger partial charge on any atom is 0.140 e. The molecule has 0 atom stereocenters. The van der Waals surface area contributed by atoms with Crippen molar-refractivity contribution in [2.24, 2.45) is 0 Å². The fourth-order valence-corrected chi connectivity index (χ4v) is 3.94. The Morgan fingerprint density at radius 2 is 1.32 bits per heavy atom. The van der Waals surface area contributed by atoms with E-state index in [2.05, 4.69) is 26.0 Å². The first-order valence-corrected chi connectivity index (χ1v) is 10.00. The van der Waals surface area contributed by atoms with Crippen LogP contribution in [0.5, 0.6) is 0 Å². The molecule has 0 saturated carbocycles. The Balaban J connectivity index is 0.000000166. The third-order valence-electron chi connectivity index (χ3n) is 4.56. The van der Waals surface area contributed by atoms with Gasteiger partial charge in [-0.3, -0.25) is 0 Å². The fourth-order valence-electron chi connectivity index (χ4n) is 3.18. The average molecular weight is 466 g/mol. The summed E-state index contributed by atoms with van der Waals surface area (Å²) in [5.41, 5.74) is 4.09. The van der Waals surface area contributed by atoms with Crippen LogP contribution in [0, 0.1) is 22.7 Å². The molecule has 5 aromatic rings. The number of nitriles is 2. The van der Waals surface area contributed by atoms with Crippen molar-refractivity contribution in [1.29, 1.82) is 10.5 Å². The van der Waals surface area contributed by atoms with Gasteiger partial charge < -0.3 is 9.97 Å². The molecule has 0 unspecified atom stereocenters. The van der Waals surface area contributed by atoms with E-state index in [1.54, 1.807) is 43.0 Å². The predicted molar refractivity (Wildman–Crippen MR) is 122 cm³/mol. The number of nitrogens with one attached hydrogen (secondary N) is 2. The van der Waals surface area contributed by atoms with Gasteiger partial charge in [0.15, 0.2) is 0 Å². The minimum Gasteiger partial charge on any atom is -0.345 e. The van der Waals surface area contributed by atoms with Gasteiger partial charge >= 0.3 is 0 Å². The first-order chi connectivity index (χ1) is 15.0. The predicted octanol–water partition coefficient (Wildman–Crippen LogP) is 6.50. The minimum atomic E-state index is 0.531. The van der Waals surface area contributed by atoms with Gasteiger partial charge in [0, 0.05) is 45.8 Å². The van der Waals surface area contributed by atoms with Crippen molar-refractivity contribution in [1.82, 2.24) is 19.9 Å². The number of hydrogen-bond acceptors (Lipinski definition) is 4. The summed E-state index contributed by atoms with van der Waals surface area (Å²) in [4.78, 5) is 14.1. The molecular formula is C22H11Cl3N6. The normalized spacial score (nSPS) is 10.4. The third-order valence-corrected chi connectivity index (χ3v) is 5.42. The summed E-state index contributed by atoms with van der Waals surface area (Å²) >= 11 is 18.0. The molecule has 0 radical (unpaired) electrons. The zero-order valence-electron chi connectivity index (χ0n) is 15.6. The van der Waals surface area contributed by atoms with Gasteiger partial charge in [0.05, 0.1) is 21.5 Å². The van der Waals surface area contributed by atoms with Gasteiger partial charge in [-0.15, -0.1) is 0 Å². The standard InChI is InChI=1S/C14H7Cl2N3.C8H4ClN3/c15-9-1-2-10(12(16)5-9)11-3-4-18-14-13(11)8(6-17)7-19-14;9-6-1-2-11-8-7(6)5(3-10)4-12-8/h1-5,7H,(H,18,19);1-2,4H,(H,11,12). The lowest BCUT2D eigenvalue weighted by molar-refractivity contribution is 1.32. The van der Waals surface area contributed by atoms with Gasteiger partial charge in [0.1, 0.15) is 23.4 Å². The highest BCUT2D eigenvalue weighted by molar-refractivity contribution is 6.37. The van der Waals surface area contributed by atoms with E-state index in [9.17, 15) is 0 Å². The molecule has 2 N–H and O–H groups in total. The molecule has 1 aromatic carbocycles. The van der Waals surface area contributed by atoms with Crippen molar-refractivity contribution in [3.8, 4) is 23.3 Å². The Kier molecular flexibility index (Phi) is 5.79. The number of aromatic amines is 2. The van der Waals surface area contributed by atoms with Gasteiger partial charge in [0.25, 0.3) is 0 Å². The van der Waals surface area contributed by atoms with Gasteiger partial charge in [-0.2, -0.15) is 10.5 Å². The summed E-state index contributed by atoms with van der Waals surface area (Å²) in [5, 5.41) is 21.0. The number of pyridine rings is 2. The molecular weight excluding hydrogens is 455 g/mol. The lowest BCUT2D eigenvalue weighted by atomic mass is 10.0. The van der Waals surface area contributed by atoms with Crippen LogP contribution >= 0.6 is 34.8 Å². The molecule has 0 aliphatic carbocycles. The minimum absolute atomic E-state index is 0.531. The number of halogens is 3. The monoisotopic (exact) mass is 464 g/mol. The van der Waals surface area contributed by atoms with E-state index in [-0.39, 0.29) is 0 Å². The summed E-state index contributed by atoms with van der Waals surface area (Å²) in [7, 11) is 0. The van der Waals surface area contributed by atoms with Crippen molar-refractivity contribution in [3.63, 3.8) is 0 Å². The van der Waals surface area contributed by atoms with Gasteiger partial charge in [-0.05, 0) is 29.8 Å². The highest BCUT2D eigenvalue weighted by atomic mass is 35.5. The molecule has 4 heterocycles. The molecule has 0 amide bonds. The van der Waals surface area contributed by atoms with Crippen LogP contribution in [0.3, 0.4) is 0 Å². The summed E-state index contributed by atoms with van der Waals surface area (Å²) < 4.78 is 0. The van der Waals surface area contributed by atoms with E-state index >= 15 is 0 Å². The Labute approximate surface area is 191 Å². The number of fused-ring (bicyclic) bond motifs is 2. The second-order valence-electron chi connectivity index (χ2n) is 6.35. The maximum atomic E-state index is 9.16. The van der Waals surface area contributed by atoms with Crippen LogP contribution < -0.4 is 0 Å². The van der Waals surface area contributed by atoms with Crippen molar-refractivity contribution in [2.75, 3.05) is 0 Å². The van der Waals surface area contributed by atoms with Gasteiger partial charge in [-0.1, -0.05) is 40.9 Å². The quantitative estimate of drug-likeness (QED) is 0.295. The Hall–Kier alpha value is -3.55. The van der Waals surface area contributed by atoms with Crippen LogP contribution in [-0.2, 0) is 0 Å². The van der Waals surface area contributed by atoms with Crippen LogP contribution in [0.15, 0.2) is 55.1 Å². The van der Waals surface area contributed by atoms with Gasteiger partial charge in [-0.25, -0.2) is 9.97 Å². The molecule has 9 heteroatoms. The lowest BCUT2D eigenvalue weighted by Gasteiger charge is -2.06. The number of hydrogen-bond donors (Lipinski definition) is 2. The molecule has 5 rings (SSSR count). The summed E-state index contributed by atoms with van der Waals surface area (Å²) in [5.74, 6) is 0. The van der Waals surface area contributed by atoms with E-state index in [1.165, 1.54) is 0 Å². The number of H-pyrrole nitrogens is 2. The topological polar surface area (TPSA) is 105 Å². The SMILES string of the molecule is N#Cc1c[nH]c2nccc(-c3ccc(Cl)cc3Cl)c12.N#Cc1c[nH]c2nccc(Cl)c12. The Bertz CT molecular complexity index is 1500. The number of benzene rings is 1. The van der Waals surface area contributed by atoms with Crippen molar-refractivity contribution in [2.45, 2.75) is 0 Å². The molecule has 6 nitrogen and oxygen atoms in total. The van der Waals surface area contributed by atoms with Crippen LogP contribution in [0.1, 0.15) is 11.1 Å². The summed E-state index contributed by atoms with van der Waals surface area (Å²) in [6.45, 7) is 0. The summed E-state index contributed by atoms with van der Waals surface area (Å²) in [6.07, 6.45) is 6.52. The maximum absolute atomic E-state index is 9.16. The molecule has 31 heavy (non-hydrogen) atoms. The van der Waals surface area contributed by atoms with Crippen LogP contribution in [-0.4, -0.2) is 19.9 Å². The zero-order chi connectivity index (χ0) is 22.0. The smallest absolute Gasteiger partial charge is 0.140 e. The van der Waals surface area contributed by atoms with Crippen LogP contribution in [0.25, 0.3) is 33.2 Å². The van der Waals surface area contributed by atoms with Crippen LogP contribution in [0.4, 0.5) is 0 Å². The van der Waals surface area contributed by atoms with E-state index in [0.717, 1.165) is 16.5 Å². The summed E-state index contributed by atoms with van der Waals surface area (Å²) in [6, 6.07) is 13.0. The fraction of sp³-hybridized carbons (Fsp3) is 0. The van der Waals surface area contributed by atoms with Crippen molar-refractivity contribution in [3.05, 3.63) is 81.3 Å². The lowest BCUT2D eigenvalue weighted by Crippen LogP contribution is -1.85. The number of rotatable bonds is 1. The second-order valence-corrected chi connectivity index (χ2v) is 7.60. The molecule has 0 bridgehead atoms. The third kappa shape index (κ3) is 3.93. The first-order valence-electron chi connectivity index (χ1n) is 8.86. The molecule has 0 aliphatic heterocycles. The number of aromatic nitrogens is 4. The van der Waals surface area contributed by atoms with Gasteiger partial charge in [0.2, 0.25) is 0 Å². The number of nitrogens with zero attached hydrogens (tertiary/aromatic N) is 4. The van der Waals surface area contributed by atoms with E-state index in [0.29, 0.717) is 42.9 Å². The Morgan fingerprint density at radius 3 is 1.97 bits per heavy atom. The van der Waals surface area contributed by atoms with E-state index in [4.69, 9.17) is 45.3 Å².